The fraction of sp³-hybridized carbons (Fsp3) is 0.432. The van der Waals surface area contributed by atoms with Crippen LogP contribution in [-0.2, 0) is 23.9 Å². The highest BCUT2D eigenvalue weighted by Crippen LogP contribution is 2.45. The van der Waals surface area contributed by atoms with Gasteiger partial charge >= 0.3 is 0 Å². The van der Waals surface area contributed by atoms with E-state index in [-0.39, 0.29) is 16.6 Å². The number of rotatable bonds is 8. The summed E-state index contributed by atoms with van der Waals surface area (Å²) >= 11 is 2.97. The summed E-state index contributed by atoms with van der Waals surface area (Å²) in [4.78, 5) is 20.1. The van der Waals surface area contributed by atoms with Crippen molar-refractivity contribution >= 4 is 28.5 Å². The first kappa shape index (κ1) is 33.9. The molecule has 2 heterocycles. The maximum atomic E-state index is 14.6. The third kappa shape index (κ3) is 6.81. The van der Waals surface area contributed by atoms with Crippen molar-refractivity contribution in [1.82, 2.24) is 9.80 Å². The van der Waals surface area contributed by atoms with Crippen LogP contribution in [0.2, 0.25) is 0 Å². The highest BCUT2D eigenvalue weighted by molar-refractivity contribution is 7.16. The Morgan fingerprint density at radius 3 is 1.30 bits per heavy atom. The van der Waals surface area contributed by atoms with Gasteiger partial charge in [-0.2, -0.15) is 0 Å². The van der Waals surface area contributed by atoms with Gasteiger partial charge in [0.15, 0.2) is 0 Å². The van der Waals surface area contributed by atoms with E-state index in [0.29, 0.717) is 34.3 Å². The molecule has 0 fully saturated rings. The Morgan fingerprint density at radius 2 is 1.00 bits per heavy atom. The molecule has 5 nitrogen and oxygen atoms in total. The number of hydrogen-bond donors (Lipinski definition) is 2. The number of aromatic hydroxyl groups is 2. The molecule has 0 unspecified atom stereocenters. The quantitative estimate of drug-likeness (QED) is 0.190. The summed E-state index contributed by atoms with van der Waals surface area (Å²) < 4.78 is 0. The molecule has 0 spiro atoms. The van der Waals surface area contributed by atoms with Crippen LogP contribution >= 0.6 is 22.7 Å². The minimum atomic E-state index is -0.277. The Labute approximate surface area is 271 Å². The first-order valence-corrected chi connectivity index (χ1v) is 16.8. The van der Waals surface area contributed by atoms with E-state index in [2.05, 4.69) is 78.3 Å². The van der Waals surface area contributed by atoms with Crippen LogP contribution in [0.25, 0.3) is 22.3 Å². The zero-order valence-corrected chi connectivity index (χ0v) is 30.0. The highest BCUT2D eigenvalue weighted by atomic mass is 32.1. The number of benzene rings is 2. The summed E-state index contributed by atoms with van der Waals surface area (Å²) in [7, 11) is 7.97. The van der Waals surface area contributed by atoms with E-state index in [1.165, 1.54) is 22.7 Å². The number of phenols is 2. The topological polar surface area (TPSA) is 64.0 Å². The standard InChI is InChI=1S/C37H48N2O3S2/c1-21-19-43-34(29(21)23-13-25(17-38(9)10)31(40)27(15-23)36(3,4)5)33(42)35-30(22(2)20-44-35)24-14-26(18-39(11)12)32(41)28(16-24)37(6,7)8/h13-16,19-20,40-41H,17-18H2,1-12H3. The summed E-state index contributed by atoms with van der Waals surface area (Å²) in [5.41, 5.74) is 8.74. The molecule has 0 amide bonds. The number of aryl methyl sites for hydroxylation is 2. The Balaban J connectivity index is 1.93. The van der Waals surface area contributed by atoms with E-state index < -0.39 is 0 Å². The lowest BCUT2D eigenvalue weighted by molar-refractivity contribution is 0.104. The SMILES string of the molecule is Cc1csc(C(=O)c2scc(C)c2-c2cc(CN(C)C)c(O)c(C(C)(C)C)c2)c1-c1cc(CN(C)C)c(O)c(C(C)(C)C)c1. The summed E-state index contributed by atoms with van der Waals surface area (Å²) in [6, 6.07) is 8.20. The molecule has 0 saturated carbocycles. The van der Waals surface area contributed by atoms with Crippen molar-refractivity contribution < 1.29 is 15.0 Å². The van der Waals surface area contributed by atoms with Gasteiger partial charge in [-0.15, -0.1) is 22.7 Å². The Morgan fingerprint density at radius 1 is 0.659 bits per heavy atom. The van der Waals surface area contributed by atoms with Crippen molar-refractivity contribution in [3.63, 3.8) is 0 Å². The van der Waals surface area contributed by atoms with Gasteiger partial charge in [-0.05, 0) is 110 Å². The third-order valence-corrected chi connectivity index (χ3v) is 10.1. The van der Waals surface area contributed by atoms with Crippen molar-refractivity contribution in [1.29, 1.82) is 0 Å². The second-order valence-electron chi connectivity index (χ2n) is 14.6. The molecule has 44 heavy (non-hydrogen) atoms. The monoisotopic (exact) mass is 632 g/mol. The summed E-state index contributed by atoms with van der Waals surface area (Å²) in [6.07, 6.45) is 0. The zero-order valence-electron chi connectivity index (χ0n) is 28.4. The highest BCUT2D eigenvalue weighted by Gasteiger charge is 2.29. The van der Waals surface area contributed by atoms with Gasteiger partial charge in [0.1, 0.15) is 11.5 Å². The maximum absolute atomic E-state index is 14.6. The lowest BCUT2D eigenvalue weighted by atomic mass is 9.82. The number of ketones is 1. The number of phenolic OH excluding ortho intramolecular Hbond substituents is 2. The molecule has 2 aromatic heterocycles. The smallest absolute Gasteiger partial charge is 0.214 e. The molecule has 0 aliphatic rings. The molecule has 0 radical (unpaired) electrons. The molecule has 0 saturated heterocycles. The summed E-state index contributed by atoms with van der Waals surface area (Å²) in [5, 5.41) is 26.6. The number of thiophene rings is 2. The van der Waals surface area contributed by atoms with Gasteiger partial charge in [0, 0.05) is 46.5 Å². The Bertz CT molecular complexity index is 1570. The van der Waals surface area contributed by atoms with Crippen LogP contribution in [-0.4, -0.2) is 54.0 Å². The molecule has 0 aliphatic heterocycles. The van der Waals surface area contributed by atoms with Gasteiger partial charge in [0.2, 0.25) is 5.78 Å². The van der Waals surface area contributed by atoms with E-state index >= 15 is 0 Å². The van der Waals surface area contributed by atoms with Gasteiger partial charge in [-0.25, -0.2) is 0 Å². The molecule has 2 N–H and O–H groups in total. The molecular formula is C37H48N2O3S2. The van der Waals surface area contributed by atoms with Crippen molar-refractivity contribution in [2.75, 3.05) is 28.2 Å². The van der Waals surface area contributed by atoms with E-state index in [1.807, 2.05) is 50.1 Å². The van der Waals surface area contributed by atoms with Crippen LogP contribution < -0.4 is 0 Å². The van der Waals surface area contributed by atoms with Crippen LogP contribution in [0.3, 0.4) is 0 Å². The van der Waals surface area contributed by atoms with Crippen LogP contribution in [0.15, 0.2) is 35.0 Å². The van der Waals surface area contributed by atoms with Crippen LogP contribution in [0.4, 0.5) is 0 Å². The molecule has 4 aromatic rings. The third-order valence-electron chi connectivity index (χ3n) is 7.91. The second-order valence-corrected chi connectivity index (χ2v) is 16.4. The summed E-state index contributed by atoms with van der Waals surface area (Å²) in [5.74, 6) is 0.648. The van der Waals surface area contributed by atoms with E-state index in [1.54, 1.807) is 0 Å². The predicted molar refractivity (Wildman–Crippen MR) is 188 cm³/mol. The van der Waals surface area contributed by atoms with Gasteiger partial charge in [-0.3, -0.25) is 4.79 Å². The largest absolute Gasteiger partial charge is 0.507 e. The number of carbonyl (C=O) groups excluding carboxylic acids is 1. The van der Waals surface area contributed by atoms with Crippen molar-refractivity contribution in [3.05, 3.63) is 78.2 Å². The number of nitrogens with zero attached hydrogens (tertiary/aromatic N) is 2. The number of carbonyl (C=O) groups is 1. The minimum Gasteiger partial charge on any atom is -0.507 e. The summed E-state index contributed by atoms with van der Waals surface area (Å²) in [6.45, 7) is 17.9. The van der Waals surface area contributed by atoms with Gasteiger partial charge in [-0.1, -0.05) is 41.5 Å². The van der Waals surface area contributed by atoms with Crippen LogP contribution in [0, 0.1) is 13.8 Å². The van der Waals surface area contributed by atoms with E-state index in [4.69, 9.17) is 0 Å². The van der Waals surface area contributed by atoms with Crippen LogP contribution in [0.5, 0.6) is 11.5 Å². The van der Waals surface area contributed by atoms with E-state index in [9.17, 15) is 15.0 Å². The average molecular weight is 633 g/mol. The lowest BCUT2D eigenvalue weighted by Crippen LogP contribution is -2.16. The van der Waals surface area contributed by atoms with Crippen molar-refractivity contribution in [3.8, 4) is 33.8 Å². The molecule has 4 rings (SSSR count). The van der Waals surface area contributed by atoms with Gasteiger partial charge in [0.25, 0.3) is 0 Å². The molecule has 236 valence electrons. The molecule has 2 aromatic carbocycles. The maximum Gasteiger partial charge on any atom is 0.214 e. The number of hydrogen-bond acceptors (Lipinski definition) is 7. The molecule has 0 aliphatic carbocycles. The Kier molecular flexibility index (Phi) is 9.58. The average Bonchev–Trinajstić information content (AvgIpc) is 3.46. The molecule has 0 atom stereocenters. The normalized spacial score (nSPS) is 12.5. The fourth-order valence-corrected chi connectivity index (χ4v) is 7.89. The van der Waals surface area contributed by atoms with Crippen molar-refractivity contribution in [2.24, 2.45) is 0 Å². The molecule has 0 bridgehead atoms. The minimum absolute atomic E-state index is 0.00489. The Hall–Kier alpha value is -2.97. The zero-order chi connectivity index (χ0) is 32.9. The van der Waals surface area contributed by atoms with Gasteiger partial charge in [0.05, 0.1) is 9.75 Å². The first-order chi connectivity index (χ1) is 20.3. The molecule has 7 heteroatoms. The van der Waals surface area contributed by atoms with Gasteiger partial charge < -0.3 is 20.0 Å². The van der Waals surface area contributed by atoms with Crippen LogP contribution in [0.1, 0.15) is 89.5 Å². The second kappa shape index (κ2) is 12.4. The lowest BCUT2D eigenvalue weighted by Gasteiger charge is -2.25. The first-order valence-electron chi connectivity index (χ1n) is 15.0. The fourth-order valence-electron chi connectivity index (χ4n) is 5.79. The predicted octanol–water partition coefficient (Wildman–Crippen LogP) is 9.12. The van der Waals surface area contributed by atoms with E-state index in [0.717, 1.165) is 55.6 Å². The molecular weight excluding hydrogens is 585 g/mol. The van der Waals surface area contributed by atoms with Crippen molar-refractivity contribution in [2.45, 2.75) is 79.3 Å².